The number of carbonyl (C=O) groups is 3. The molecule has 0 heterocycles. The lowest BCUT2D eigenvalue weighted by Crippen LogP contribution is -2.54. The third-order valence-corrected chi connectivity index (χ3v) is 3.19. The second kappa shape index (κ2) is 8.32. The Balaban J connectivity index is 2.95. The number of carboxylic acids is 1. The van der Waals surface area contributed by atoms with E-state index in [1.165, 1.54) is 13.8 Å². The van der Waals surface area contributed by atoms with Crippen molar-refractivity contribution in [3.05, 3.63) is 35.4 Å². The van der Waals surface area contributed by atoms with Crippen molar-refractivity contribution < 1.29 is 32.7 Å². The summed E-state index contributed by atoms with van der Waals surface area (Å²) in [5.74, 6) is -6.49. The number of rotatable bonds is 7. The van der Waals surface area contributed by atoms with E-state index in [1.54, 1.807) is 0 Å². The second-order valence-electron chi connectivity index (χ2n) is 5.35. The van der Waals surface area contributed by atoms with Crippen molar-refractivity contribution >= 4 is 17.8 Å². The Hall–Kier alpha value is -2.58. The average Bonchev–Trinajstić information content (AvgIpc) is 2.49. The summed E-state index contributed by atoms with van der Waals surface area (Å²) < 4.78 is 39.8. The standard InChI is InChI=1S/C15H17F3N2O4/c1-7(2)12(14(22)19-10(6-16)15(23)24)20-13(21)11-8(17)4-3-5-9(11)18/h3-5,7,10,12H,6H2,1-2H3,(H,19,22)(H,20,21)(H,23,24). The van der Waals surface area contributed by atoms with Gasteiger partial charge in [0.25, 0.3) is 5.91 Å². The van der Waals surface area contributed by atoms with E-state index in [-0.39, 0.29) is 0 Å². The van der Waals surface area contributed by atoms with Crippen molar-refractivity contribution in [1.82, 2.24) is 10.6 Å². The Morgan fingerprint density at radius 2 is 1.67 bits per heavy atom. The minimum Gasteiger partial charge on any atom is -0.480 e. The van der Waals surface area contributed by atoms with E-state index in [0.717, 1.165) is 18.2 Å². The van der Waals surface area contributed by atoms with Crippen LogP contribution in [0.1, 0.15) is 24.2 Å². The maximum absolute atomic E-state index is 13.6. The molecule has 0 saturated heterocycles. The maximum atomic E-state index is 13.6. The van der Waals surface area contributed by atoms with Crippen molar-refractivity contribution in [2.24, 2.45) is 5.92 Å². The molecular formula is C15H17F3N2O4. The zero-order valence-electron chi connectivity index (χ0n) is 13.0. The lowest BCUT2D eigenvalue weighted by Gasteiger charge is -2.23. The molecule has 0 aliphatic rings. The van der Waals surface area contributed by atoms with Gasteiger partial charge in [0, 0.05) is 0 Å². The molecule has 9 heteroatoms. The van der Waals surface area contributed by atoms with Crippen molar-refractivity contribution in [2.75, 3.05) is 6.67 Å². The van der Waals surface area contributed by atoms with Gasteiger partial charge >= 0.3 is 5.97 Å². The summed E-state index contributed by atoms with van der Waals surface area (Å²) in [7, 11) is 0. The topological polar surface area (TPSA) is 95.5 Å². The van der Waals surface area contributed by atoms with E-state index in [9.17, 15) is 27.6 Å². The molecule has 0 aliphatic heterocycles. The summed E-state index contributed by atoms with van der Waals surface area (Å²) in [5.41, 5.74) is -0.865. The van der Waals surface area contributed by atoms with Gasteiger partial charge in [0.1, 0.15) is 29.9 Å². The fourth-order valence-corrected chi connectivity index (χ4v) is 1.89. The highest BCUT2D eigenvalue weighted by Gasteiger charge is 2.30. The lowest BCUT2D eigenvalue weighted by atomic mass is 10.0. The van der Waals surface area contributed by atoms with Crippen LogP contribution in [0.15, 0.2) is 18.2 Å². The Kier molecular flexibility index (Phi) is 6.75. The summed E-state index contributed by atoms with van der Waals surface area (Å²) in [6, 6.07) is -0.240. The molecule has 1 aromatic carbocycles. The number of aliphatic carboxylic acids is 1. The molecule has 132 valence electrons. The first kappa shape index (κ1) is 19.5. The van der Waals surface area contributed by atoms with Gasteiger partial charge in [0.2, 0.25) is 5.91 Å². The quantitative estimate of drug-likeness (QED) is 0.693. The van der Waals surface area contributed by atoms with Crippen molar-refractivity contribution in [3.8, 4) is 0 Å². The van der Waals surface area contributed by atoms with Gasteiger partial charge in [-0.1, -0.05) is 19.9 Å². The molecule has 0 bridgehead atoms. The molecule has 0 radical (unpaired) electrons. The van der Waals surface area contributed by atoms with Gasteiger partial charge in [-0.2, -0.15) is 0 Å². The van der Waals surface area contributed by atoms with Gasteiger partial charge in [0.05, 0.1) is 0 Å². The van der Waals surface area contributed by atoms with Gasteiger partial charge in [-0.15, -0.1) is 0 Å². The van der Waals surface area contributed by atoms with Crippen LogP contribution in [0.3, 0.4) is 0 Å². The highest BCUT2D eigenvalue weighted by molar-refractivity contribution is 5.98. The first-order chi connectivity index (χ1) is 11.2. The zero-order valence-corrected chi connectivity index (χ0v) is 13.0. The summed E-state index contributed by atoms with van der Waals surface area (Å²) in [6.07, 6.45) is 0. The van der Waals surface area contributed by atoms with Gasteiger partial charge in [0.15, 0.2) is 6.04 Å². The average molecular weight is 346 g/mol. The number of hydrogen-bond acceptors (Lipinski definition) is 3. The van der Waals surface area contributed by atoms with Crippen molar-refractivity contribution in [3.63, 3.8) is 0 Å². The Morgan fingerprint density at radius 1 is 1.12 bits per heavy atom. The number of alkyl halides is 1. The normalized spacial score (nSPS) is 13.2. The number of amides is 2. The maximum Gasteiger partial charge on any atom is 0.328 e. The molecule has 2 amide bonds. The fraction of sp³-hybridized carbons (Fsp3) is 0.400. The van der Waals surface area contributed by atoms with Crippen LogP contribution in [0.5, 0.6) is 0 Å². The number of benzene rings is 1. The fourth-order valence-electron chi connectivity index (χ4n) is 1.89. The first-order valence-corrected chi connectivity index (χ1v) is 7.03. The van der Waals surface area contributed by atoms with Crippen LogP contribution in [-0.4, -0.2) is 41.6 Å². The predicted octanol–water partition coefficient (Wildman–Crippen LogP) is 1.26. The number of halogens is 3. The molecule has 2 atom stereocenters. The molecule has 24 heavy (non-hydrogen) atoms. The Morgan fingerprint density at radius 3 is 2.08 bits per heavy atom. The molecule has 0 saturated carbocycles. The SMILES string of the molecule is CC(C)C(NC(=O)c1c(F)cccc1F)C(=O)NC(CF)C(=O)O. The van der Waals surface area contributed by atoms with Crippen LogP contribution in [0.4, 0.5) is 13.2 Å². The molecule has 0 aromatic heterocycles. The molecule has 1 aromatic rings. The monoisotopic (exact) mass is 346 g/mol. The third-order valence-electron chi connectivity index (χ3n) is 3.19. The summed E-state index contributed by atoms with van der Waals surface area (Å²) >= 11 is 0. The van der Waals surface area contributed by atoms with E-state index in [4.69, 9.17) is 5.11 Å². The number of carbonyl (C=O) groups excluding carboxylic acids is 2. The molecule has 0 aliphatic carbocycles. The van der Waals surface area contributed by atoms with E-state index in [2.05, 4.69) is 5.32 Å². The van der Waals surface area contributed by atoms with Crippen LogP contribution >= 0.6 is 0 Å². The van der Waals surface area contributed by atoms with E-state index in [1.807, 2.05) is 5.32 Å². The van der Waals surface area contributed by atoms with Crippen LogP contribution in [0, 0.1) is 17.6 Å². The van der Waals surface area contributed by atoms with E-state index in [0.29, 0.717) is 0 Å². The Bertz CT molecular complexity index is 617. The number of hydrogen-bond donors (Lipinski definition) is 3. The van der Waals surface area contributed by atoms with Crippen LogP contribution < -0.4 is 10.6 Å². The van der Waals surface area contributed by atoms with Crippen LogP contribution in [0.25, 0.3) is 0 Å². The van der Waals surface area contributed by atoms with Crippen LogP contribution in [0.2, 0.25) is 0 Å². The highest BCUT2D eigenvalue weighted by atomic mass is 19.1. The van der Waals surface area contributed by atoms with Crippen molar-refractivity contribution in [1.29, 1.82) is 0 Å². The van der Waals surface area contributed by atoms with Gasteiger partial charge in [-0.05, 0) is 18.1 Å². The minimum atomic E-state index is -1.78. The Labute approximate surface area is 136 Å². The summed E-state index contributed by atoms with van der Waals surface area (Å²) in [5, 5.41) is 12.8. The van der Waals surface area contributed by atoms with Gasteiger partial charge in [-0.3, -0.25) is 9.59 Å². The van der Waals surface area contributed by atoms with Gasteiger partial charge < -0.3 is 15.7 Å². The molecule has 1 rings (SSSR count). The second-order valence-corrected chi connectivity index (χ2v) is 5.35. The minimum absolute atomic E-state index is 0.544. The molecule has 3 N–H and O–H groups in total. The van der Waals surface area contributed by atoms with Crippen LogP contribution in [-0.2, 0) is 9.59 Å². The summed E-state index contributed by atoms with van der Waals surface area (Å²) in [4.78, 5) is 34.8. The smallest absolute Gasteiger partial charge is 0.328 e. The largest absolute Gasteiger partial charge is 0.480 e. The molecule has 2 unspecified atom stereocenters. The molecule has 6 nitrogen and oxygen atoms in total. The van der Waals surface area contributed by atoms with E-state index < -0.39 is 59.7 Å². The number of nitrogens with one attached hydrogen (secondary N) is 2. The predicted molar refractivity (Wildman–Crippen MR) is 78.0 cm³/mol. The number of carboxylic acid groups (broad SMARTS) is 1. The molecule has 0 fully saturated rings. The zero-order chi connectivity index (χ0) is 18.4. The van der Waals surface area contributed by atoms with Crippen molar-refractivity contribution in [2.45, 2.75) is 25.9 Å². The highest BCUT2D eigenvalue weighted by Crippen LogP contribution is 2.13. The summed E-state index contributed by atoms with van der Waals surface area (Å²) in [6.45, 7) is 1.70. The first-order valence-electron chi connectivity index (χ1n) is 7.03. The molecule has 0 spiro atoms. The third kappa shape index (κ3) is 4.71. The molecular weight excluding hydrogens is 329 g/mol. The van der Waals surface area contributed by atoms with E-state index >= 15 is 0 Å². The van der Waals surface area contributed by atoms with Gasteiger partial charge in [-0.25, -0.2) is 18.0 Å². The lowest BCUT2D eigenvalue weighted by molar-refractivity contribution is -0.142.